The maximum absolute atomic E-state index is 12.4. The highest BCUT2D eigenvalue weighted by molar-refractivity contribution is 7.92. The maximum Gasteiger partial charge on any atom is 0.235 e. The molecule has 1 aliphatic carbocycles. The third-order valence-electron chi connectivity index (χ3n) is 3.06. The molecule has 0 bridgehead atoms. The molecular formula is C13H20N2O2S. The predicted molar refractivity (Wildman–Crippen MR) is 75.0 cm³/mol. The monoisotopic (exact) mass is 268 g/mol. The Morgan fingerprint density at radius 3 is 2.67 bits per heavy atom. The van der Waals surface area contributed by atoms with Gasteiger partial charge in [-0.05, 0) is 43.4 Å². The normalized spacial score (nSPS) is 15.6. The van der Waals surface area contributed by atoms with Gasteiger partial charge in [0.05, 0.1) is 11.4 Å². The standard InChI is InChI=1S/C13H20N2O2S/c1-2-8-15(13-5-3-4-12(14)9-13)18(16,17)10-11-6-7-11/h3-5,9,11H,2,6-8,10,14H2,1H3. The van der Waals surface area contributed by atoms with E-state index >= 15 is 0 Å². The van der Waals surface area contributed by atoms with Gasteiger partial charge in [0.25, 0.3) is 0 Å². The van der Waals surface area contributed by atoms with Crippen molar-refractivity contribution in [2.24, 2.45) is 5.92 Å². The van der Waals surface area contributed by atoms with E-state index in [2.05, 4.69) is 0 Å². The van der Waals surface area contributed by atoms with E-state index in [9.17, 15) is 8.42 Å². The zero-order valence-corrected chi connectivity index (χ0v) is 11.5. The number of nitrogens with zero attached hydrogens (tertiary/aromatic N) is 1. The van der Waals surface area contributed by atoms with Crippen molar-refractivity contribution in [3.8, 4) is 0 Å². The number of sulfonamides is 1. The molecule has 0 radical (unpaired) electrons. The fourth-order valence-corrected chi connectivity index (χ4v) is 3.99. The van der Waals surface area contributed by atoms with Gasteiger partial charge in [0.1, 0.15) is 0 Å². The molecule has 0 spiro atoms. The molecule has 100 valence electrons. The third kappa shape index (κ3) is 3.16. The summed E-state index contributed by atoms with van der Waals surface area (Å²) in [6.45, 7) is 2.49. The van der Waals surface area contributed by atoms with Crippen molar-refractivity contribution in [2.75, 3.05) is 22.3 Å². The van der Waals surface area contributed by atoms with Crippen LogP contribution in [-0.2, 0) is 10.0 Å². The second kappa shape index (κ2) is 5.18. The molecule has 5 heteroatoms. The van der Waals surface area contributed by atoms with Crippen molar-refractivity contribution in [1.29, 1.82) is 0 Å². The number of nitrogen functional groups attached to an aromatic ring is 1. The third-order valence-corrected chi connectivity index (χ3v) is 5.02. The first-order valence-corrected chi connectivity index (χ1v) is 8.00. The molecule has 0 unspecified atom stereocenters. The van der Waals surface area contributed by atoms with E-state index in [1.54, 1.807) is 24.3 Å². The van der Waals surface area contributed by atoms with E-state index in [0.717, 1.165) is 19.3 Å². The van der Waals surface area contributed by atoms with Crippen LogP contribution in [-0.4, -0.2) is 20.7 Å². The van der Waals surface area contributed by atoms with Crippen molar-refractivity contribution < 1.29 is 8.42 Å². The first-order valence-electron chi connectivity index (χ1n) is 6.39. The molecule has 1 saturated carbocycles. The lowest BCUT2D eigenvalue weighted by Gasteiger charge is -2.24. The van der Waals surface area contributed by atoms with Crippen LogP contribution in [0.1, 0.15) is 26.2 Å². The smallest absolute Gasteiger partial charge is 0.235 e. The summed E-state index contributed by atoms with van der Waals surface area (Å²) in [6.07, 6.45) is 2.87. The highest BCUT2D eigenvalue weighted by Crippen LogP contribution is 2.32. The molecule has 0 amide bonds. The van der Waals surface area contributed by atoms with Gasteiger partial charge in [-0.25, -0.2) is 8.42 Å². The zero-order chi connectivity index (χ0) is 13.2. The van der Waals surface area contributed by atoms with Crippen molar-refractivity contribution in [3.05, 3.63) is 24.3 Å². The average Bonchev–Trinajstić information content (AvgIpc) is 3.08. The van der Waals surface area contributed by atoms with E-state index in [1.807, 2.05) is 6.92 Å². The largest absolute Gasteiger partial charge is 0.399 e. The molecule has 0 aromatic heterocycles. The summed E-state index contributed by atoms with van der Waals surface area (Å²) in [7, 11) is -3.21. The Balaban J connectivity index is 2.26. The second-order valence-electron chi connectivity index (χ2n) is 4.89. The van der Waals surface area contributed by atoms with Crippen molar-refractivity contribution in [2.45, 2.75) is 26.2 Å². The van der Waals surface area contributed by atoms with Crippen LogP contribution in [0.4, 0.5) is 11.4 Å². The molecule has 1 aromatic carbocycles. The summed E-state index contributed by atoms with van der Waals surface area (Å²) < 4.78 is 26.2. The molecule has 0 atom stereocenters. The van der Waals surface area contributed by atoms with Gasteiger partial charge < -0.3 is 5.73 Å². The summed E-state index contributed by atoms with van der Waals surface area (Å²) in [5, 5.41) is 0. The van der Waals surface area contributed by atoms with Crippen LogP contribution in [0.2, 0.25) is 0 Å². The van der Waals surface area contributed by atoms with Crippen molar-refractivity contribution >= 4 is 21.4 Å². The molecule has 0 aliphatic heterocycles. The number of hydrogen-bond donors (Lipinski definition) is 1. The summed E-state index contributed by atoms with van der Waals surface area (Å²) in [6, 6.07) is 7.08. The topological polar surface area (TPSA) is 63.4 Å². The summed E-state index contributed by atoms with van der Waals surface area (Å²) in [4.78, 5) is 0. The SMILES string of the molecule is CCCN(c1cccc(N)c1)S(=O)(=O)CC1CC1. The van der Waals surface area contributed by atoms with Crippen LogP contribution in [0.15, 0.2) is 24.3 Å². The molecule has 1 aromatic rings. The van der Waals surface area contributed by atoms with Crippen LogP contribution in [0.25, 0.3) is 0 Å². The quantitative estimate of drug-likeness (QED) is 0.805. The van der Waals surface area contributed by atoms with E-state index in [4.69, 9.17) is 5.73 Å². The Hall–Kier alpha value is -1.23. The molecule has 1 fully saturated rings. The highest BCUT2D eigenvalue weighted by atomic mass is 32.2. The molecule has 1 aliphatic rings. The summed E-state index contributed by atoms with van der Waals surface area (Å²) >= 11 is 0. The Kier molecular flexibility index (Phi) is 3.80. The molecule has 0 saturated heterocycles. The fourth-order valence-electron chi connectivity index (χ4n) is 1.98. The minimum absolute atomic E-state index is 0.266. The minimum atomic E-state index is -3.21. The van der Waals surface area contributed by atoms with Crippen LogP contribution >= 0.6 is 0 Å². The Labute approximate surface area is 109 Å². The Morgan fingerprint density at radius 2 is 2.11 bits per heavy atom. The van der Waals surface area contributed by atoms with E-state index < -0.39 is 10.0 Å². The van der Waals surface area contributed by atoms with Gasteiger partial charge in [-0.15, -0.1) is 0 Å². The summed E-state index contributed by atoms with van der Waals surface area (Å²) in [5.74, 6) is 0.623. The van der Waals surface area contributed by atoms with Gasteiger partial charge in [0.2, 0.25) is 10.0 Å². The van der Waals surface area contributed by atoms with Crippen LogP contribution < -0.4 is 10.0 Å². The van der Waals surface area contributed by atoms with E-state index in [0.29, 0.717) is 23.8 Å². The van der Waals surface area contributed by atoms with Gasteiger partial charge in [0, 0.05) is 12.2 Å². The first-order chi connectivity index (χ1) is 8.53. The maximum atomic E-state index is 12.4. The molecular weight excluding hydrogens is 248 g/mol. The molecule has 4 nitrogen and oxygen atoms in total. The van der Waals surface area contributed by atoms with E-state index in [-0.39, 0.29) is 5.75 Å². The zero-order valence-electron chi connectivity index (χ0n) is 10.7. The average molecular weight is 268 g/mol. The van der Waals surface area contributed by atoms with Gasteiger partial charge in [-0.3, -0.25) is 4.31 Å². The van der Waals surface area contributed by atoms with Gasteiger partial charge >= 0.3 is 0 Å². The fraction of sp³-hybridized carbons (Fsp3) is 0.538. The lowest BCUT2D eigenvalue weighted by atomic mass is 10.3. The van der Waals surface area contributed by atoms with Crippen LogP contribution in [0.3, 0.4) is 0 Å². The number of benzene rings is 1. The molecule has 18 heavy (non-hydrogen) atoms. The number of nitrogens with two attached hydrogens (primary N) is 1. The Morgan fingerprint density at radius 1 is 1.39 bits per heavy atom. The molecule has 0 heterocycles. The lowest BCUT2D eigenvalue weighted by molar-refractivity contribution is 0.586. The first kappa shape index (κ1) is 13.2. The Bertz CT molecular complexity index is 509. The highest BCUT2D eigenvalue weighted by Gasteiger charge is 2.31. The molecule has 2 rings (SSSR count). The minimum Gasteiger partial charge on any atom is -0.399 e. The van der Waals surface area contributed by atoms with E-state index in [1.165, 1.54) is 4.31 Å². The number of rotatable bonds is 6. The van der Waals surface area contributed by atoms with Gasteiger partial charge in [-0.1, -0.05) is 13.0 Å². The van der Waals surface area contributed by atoms with Crippen LogP contribution in [0.5, 0.6) is 0 Å². The second-order valence-corrected chi connectivity index (χ2v) is 6.83. The van der Waals surface area contributed by atoms with Crippen LogP contribution in [0, 0.1) is 5.92 Å². The number of hydrogen-bond acceptors (Lipinski definition) is 3. The van der Waals surface area contributed by atoms with Crippen molar-refractivity contribution in [3.63, 3.8) is 0 Å². The van der Waals surface area contributed by atoms with Gasteiger partial charge in [0.15, 0.2) is 0 Å². The van der Waals surface area contributed by atoms with Crippen molar-refractivity contribution in [1.82, 2.24) is 0 Å². The predicted octanol–water partition coefficient (Wildman–Crippen LogP) is 2.22. The summed E-state index contributed by atoms with van der Waals surface area (Å²) in [5.41, 5.74) is 7.00. The van der Waals surface area contributed by atoms with Gasteiger partial charge in [-0.2, -0.15) is 0 Å². The molecule has 2 N–H and O–H groups in total. The lowest BCUT2D eigenvalue weighted by Crippen LogP contribution is -2.34. The number of anilines is 2.